The van der Waals surface area contributed by atoms with Gasteiger partial charge >= 0.3 is 0 Å². The molecule has 0 aliphatic heterocycles. The van der Waals surface area contributed by atoms with E-state index in [0.717, 1.165) is 24.6 Å². The van der Waals surface area contributed by atoms with Gasteiger partial charge in [0, 0.05) is 0 Å². The number of rotatable bonds is 5. The highest BCUT2D eigenvalue weighted by atomic mass is 32.1. The van der Waals surface area contributed by atoms with Crippen LogP contribution in [0.25, 0.3) is 10.6 Å². The van der Waals surface area contributed by atoms with Crippen LogP contribution in [0.1, 0.15) is 19.7 Å². The number of hydrogen-bond acceptors (Lipinski definition) is 3. The quantitative estimate of drug-likeness (QED) is 0.836. The Balaban J connectivity index is 1.93. The summed E-state index contributed by atoms with van der Waals surface area (Å²) in [5.41, 5.74) is 1.11. The first-order chi connectivity index (χ1) is 7.75. The lowest BCUT2D eigenvalue weighted by molar-refractivity contribution is 0.545. The molecule has 0 unspecified atom stereocenters. The number of hydrogen-bond donors (Lipinski definition) is 2. The van der Waals surface area contributed by atoms with Crippen molar-refractivity contribution in [1.82, 2.24) is 15.3 Å². The second-order valence-corrected chi connectivity index (χ2v) is 5.19. The first-order valence-electron chi connectivity index (χ1n) is 5.54. The normalized spacial score (nSPS) is 11.2. The van der Waals surface area contributed by atoms with Crippen LogP contribution in [0, 0.1) is 5.92 Å². The minimum Gasteiger partial charge on any atom is -0.340 e. The van der Waals surface area contributed by atoms with Gasteiger partial charge in [-0.05, 0) is 23.9 Å². The molecule has 0 radical (unpaired) electrons. The topological polar surface area (TPSA) is 40.7 Å². The molecule has 0 saturated carbocycles. The largest absolute Gasteiger partial charge is 0.340 e. The first kappa shape index (κ1) is 11.4. The smallest absolute Gasteiger partial charge is 0.120 e. The molecule has 0 amide bonds. The van der Waals surface area contributed by atoms with Crippen molar-refractivity contribution in [2.24, 2.45) is 5.92 Å². The van der Waals surface area contributed by atoms with Crippen molar-refractivity contribution in [2.75, 3.05) is 6.54 Å². The van der Waals surface area contributed by atoms with E-state index in [1.807, 2.05) is 6.20 Å². The second-order valence-electron chi connectivity index (χ2n) is 4.25. The van der Waals surface area contributed by atoms with Crippen molar-refractivity contribution in [1.29, 1.82) is 0 Å². The van der Waals surface area contributed by atoms with E-state index in [1.54, 1.807) is 11.3 Å². The summed E-state index contributed by atoms with van der Waals surface area (Å²) in [6.07, 6.45) is 1.90. The third-order valence-corrected chi connectivity index (χ3v) is 3.16. The van der Waals surface area contributed by atoms with Crippen molar-refractivity contribution in [3.63, 3.8) is 0 Å². The average molecular weight is 235 g/mol. The van der Waals surface area contributed by atoms with Gasteiger partial charge in [0.25, 0.3) is 0 Å². The van der Waals surface area contributed by atoms with E-state index < -0.39 is 0 Å². The van der Waals surface area contributed by atoms with E-state index in [9.17, 15) is 0 Å². The van der Waals surface area contributed by atoms with Crippen LogP contribution in [-0.2, 0) is 6.54 Å². The molecule has 4 heteroatoms. The average Bonchev–Trinajstić information content (AvgIpc) is 2.85. The Morgan fingerprint density at radius 2 is 2.38 bits per heavy atom. The van der Waals surface area contributed by atoms with Crippen molar-refractivity contribution in [3.05, 3.63) is 29.5 Å². The maximum atomic E-state index is 4.36. The summed E-state index contributed by atoms with van der Waals surface area (Å²) in [7, 11) is 0. The lowest BCUT2D eigenvalue weighted by Gasteiger charge is -2.04. The minimum absolute atomic E-state index is 0.673. The molecular formula is C12H17N3S. The van der Waals surface area contributed by atoms with Crippen LogP contribution in [0.5, 0.6) is 0 Å². The van der Waals surface area contributed by atoms with Crippen molar-refractivity contribution in [3.8, 4) is 10.6 Å². The third-order valence-electron chi connectivity index (χ3n) is 2.26. The Labute approximate surface area is 99.9 Å². The molecule has 2 aromatic heterocycles. The maximum absolute atomic E-state index is 4.36. The molecule has 0 atom stereocenters. The highest BCUT2D eigenvalue weighted by Gasteiger charge is 2.03. The van der Waals surface area contributed by atoms with Gasteiger partial charge in [0.2, 0.25) is 0 Å². The van der Waals surface area contributed by atoms with Crippen LogP contribution >= 0.6 is 11.3 Å². The molecule has 2 aromatic rings. The zero-order valence-corrected chi connectivity index (χ0v) is 10.5. The van der Waals surface area contributed by atoms with Gasteiger partial charge in [-0.25, -0.2) is 4.98 Å². The molecule has 0 aromatic carbocycles. The fraction of sp³-hybridized carbons (Fsp3) is 0.417. The number of H-pyrrole nitrogens is 1. The number of aromatic nitrogens is 2. The Morgan fingerprint density at radius 3 is 3.06 bits per heavy atom. The number of aromatic amines is 1. The van der Waals surface area contributed by atoms with Gasteiger partial charge < -0.3 is 10.3 Å². The molecule has 0 spiro atoms. The molecule has 86 valence electrons. The summed E-state index contributed by atoms with van der Waals surface area (Å²) < 4.78 is 0. The lowest BCUT2D eigenvalue weighted by atomic mass is 10.2. The monoisotopic (exact) mass is 235 g/mol. The summed E-state index contributed by atoms with van der Waals surface area (Å²) >= 11 is 1.73. The van der Waals surface area contributed by atoms with Crippen molar-refractivity contribution >= 4 is 11.3 Å². The molecule has 0 saturated heterocycles. The SMILES string of the molecule is CC(C)CNCc1ncc(-c2cccs2)[nH]1. The van der Waals surface area contributed by atoms with E-state index >= 15 is 0 Å². The van der Waals surface area contributed by atoms with Gasteiger partial charge in [-0.3, -0.25) is 0 Å². The van der Waals surface area contributed by atoms with Gasteiger partial charge in [0.1, 0.15) is 5.82 Å². The van der Waals surface area contributed by atoms with Gasteiger partial charge in [-0.15, -0.1) is 11.3 Å². The number of nitrogens with zero attached hydrogens (tertiary/aromatic N) is 1. The number of nitrogens with one attached hydrogen (secondary N) is 2. The molecule has 0 aliphatic carbocycles. The van der Waals surface area contributed by atoms with E-state index in [2.05, 4.69) is 46.6 Å². The Bertz CT molecular complexity index is 417. The summed E-state index contributed by atoms with van der Waals surface area (Å²) in [6.45, 7) is 6.23. The van der Waals surface area contributed by atoms with E-state index in [4.69, 9.17) is 0 Å². The van der Waals surface area contributed by atoms with Crippen LogP contribution in [0.2, 0.25) is 0 Å². The Kier molecular flexibility index (Phi) is 3.74. The predicted octanol–water partition coefficient (Wildman–Crippen LogP) is 2.88. The highest BCUT2D eigenvalue weighted by molar-refractivity contribution is 7.13. The number of imidazole rings is 1. The predicted molar refractivity (Wildman–Crippen MR) is 68.4 cm³/mol. The first-order valence-corrected chi connectivity index (χ1v) is 6.42. The van der Waals surface area contributed by atoms with Crippen molar-refractivity contribution < 1.29 is 0 Å². The molecule has 0 aliphatic rings. The highest BCUT2D eigenvalue weighted by Crippen LogP contribution is 2.22. The van der Waals surface area contributed by atoms with Gasteiger partial charge in [-0.1, -0.05) is 19.9 Å². The molecular weight excluding hydrogens is 218 g/mol. The Morgan fingerprint density at radius 1 is 1.50 bits per heavy atom. The van der Waals surface area contributed by atoms with Crippen LogP contribution in [0.15, 0.2) is 23.7 Å². The molecule has 2 rings (SSSR count). The third kappa shape index (κ3) is 2.93. The zero-order valence-electron chi connectivity index (χ0n) is 9.66. The maximum Gasteiger partial charge on any atom is 0.120 e. The fourth-order valence-electron chi connectivity index (χ4n) is 1.49. The summed E-state index contributed by atoms with van der Waals surface area (Å²) in [4.78, 5) is 8.92. The molecule has 3 nitrogen and oxygen atoms in total. The van der Waals surface area contributed by atoms with Crippen LogP contribution in [0.3, 0.4) is 0 Å². The molecule has 2 heterocycles. The summed E-state index contributed by atoms with van der Waals surface area (Å²) in [5.74, 6) is 1.68. The van der Waals surface area contributed by atoms with Crippen LogP contribution in [-0.4, -0.2) is 16.5 Å². The fourth-order valence-corrected chi connectivity index (χ4v) is 2.18. The molecule has 16 heavy (non-hydrogen) atoms. The Hall–Kier alpha value is -1.13. The van der Waals surface area contributed by atoms with Gasteiger partial charge in [0.15, 0.2) is 0 Å². The summed E-state index contributed by atoms with van der Waals surface area (Å²) in [6, 6.07) is 4.15. The van der Waals surface area contributed by atoms with E-state index in [0.29, 0.717) is 5.92 Å². The summed E-state index contributed by atoms with van der Waals surface area (Å²) in [5, 5.41) is 5.45. The molecule has 0 bridgehead atoms. The van der Waals surface area contributed by atoms with Crippen LogP contribution < -0.4 is 5.32 Å². The van der Waals surface area contributed by atoms with Crippen LogP contribution in [0.4, 0.5) is 0 Å². The number of thiophene rings is 1. The lowest BCUT2D eigenvalue weighted by Crippen LogP contribution is -2.19. The molecule has 2 N–H and O–H groups in total. The molecule has 0 fully saturated rings. The second kappa shape index (κ2) is 5.27. The zero-order chi connectivity index (χ0) is 11.4. The van der Waals surface area contributed by atoms with Crippen molar-refractivity contribution in [2.45, 2.75) is 20.4 Å². The standard InChI is InChI=1S/C12H17N3S/c1-9(2)6-13-8-12-14-7-10(15-12)11-4-3-5-16-11/h3-5,7,9,13H,6,8H2,1-2H3,(H,14,15). The van der Waals surface area contributed by atoms with Gasteiger partial charge in [-0.2, -0.15) is 0 Å². The van der Waals surface area contributed by atoms with Gasteiger partial charge in [0.05, 0.1) is 23.3 Å². The minimum atomic E-state index is 0.673. The van der Waals surface area contributed by atoms with E-state index in [1.165, 1.54) is 4.88 Å². The van der Waals surface area contributed by atoms with E-state index in [-0.39, 0.29) is 0 Å².